The van der Waals surface area contributed by atoms with Crippen LogP contribution in [0.15, 0.2) is 42.7 Å². The van der Waals surface area contributed by atoms with Crippen LogP contribution in [0.1, 0.15) is 10.5 Å². The number of carbonyl (C=O) groups is 1. The van der Waals surface area contributed by atoms with E-state index in [4.69, 9.17) is 9.84 Å². The molecule has 0 aliphatic heterocycles. The van der Waals surface area contributed by atoms with Gasteiger partial charge in [0, 0.05) is 18.5 Å². The number of carboxylic acids is 1. The molecular formula is C15H10F3N3O4. The highest BCUT2D eigenvalue weighted by Crippen LogP contribution is 2.30. The molecule has 0 aliphatic carbocycles. The van der Waals surface area contributed by atoms with Crippen LogP contribution < -0.4 is 9.47 Å². The van der Waals surface area contributed by atoms with Gasteiger partial charge in [-0.3, -0.25) is 0 Å². The minimum Gasteiger partial charge on any atom is -0.478 e. The lowest BCUT2D eigenvalue weighted by Gasteiger charge is -2.12. The Morgan fingerprint density at radius 3 is 2.80 bits per heavy atom. The van der Waals surface area contributed by atoms with Crippen molar-refractivity contribution in [3.8, 4) is 17.4 Å². The summed E-state index contributed by atoms with van der Waals surface area (Å²) in [5, 5.41) is 12.8. The zero-order valence-electron chi connectivity index (χ0n) is 12.4. The molecule has 10 heteroatoms. The highest BCUT2D eigenvalue weighted by Gasteiger charge is 2.29. The van der Waals surface area contributed by atoms with E-state index >= 15 is 0 Å². The minimum absolute atomic E-state index is 0.144. The zero-order valence-corrected chi connectivity index (χ0v) is 12.4. The van der Waals surface area contributed by atoms with Crippen LogP contribution in [-0.2, 0) is 0 Å². The summed E-state index contributed by atoms with van der Waals surface area (Å²) in [6.07, 6.45) is -1.69. The fraction of sp³-hybridized carbons (Fsp3) is 0.133. The first kappa shape index (κ1) is 16.6. The fourth-order valence-electron chi connectivity index (χ4n) is 1.98. The third-order valence-electron chi connectivity index (χ3n) is 3.00. The molecule has 3 aromatic heterocycles. The van der Waals surface area contributed by atoms with Gasteiger partial charge in [-0.05, 0) is 24.3 Å². The Labute approximate surface area is 138 Å². The van der Waals surface area contributed by atoms with Crippen LogP contribution in [0.25, 0.3) is 5.52 Å². The molecule has 0 aliphatic rings. The van der Waals surface area contributed by atoms with E-state index in [1.54, 1.807) is 0 Å². The molecule has 3 rings (SSSR count). The predicted molar refractivity (Wildman–Crippen MR) is 78.0 cm³/mol. The van der Waals surface area contributed by atoms with Gasteiger partial charge < -0.3 is 14.6 Å². The average molecular weight is 353 g/mol. The topological polar surface area (TPSA) is 86.0 Å². The van der Waals surface area contributed by atoms with E-state index in [0.717, 1.165) is 0 Å². The molecule has 130 valence electrons. The number of fused-ring (bicyclic) bond motifs is 1. The molecule has 7 nitrogen and oxygen atoms in total. The minimum atomic E-state index is -4.49. The molecule has 0 atom stereocenters. The van der Waals surface area contributed by atoms with Gasteiger partial charge in [0.2, 0.25) is 0 Å². The lowest BCUT2D eigenvalue weighted by atomic mass is 10.3. The zero-order chi connectivity index (χ0) is 18.0. The Kier molecular flexibility index (Phi) is 4.17. The number of aromatic nitrogens is 3. The highest BCUT2D eigenvalue weighted by molar-refractivity contribution is 5.87. The number of aromatic carboxylic acids is 1. The Balaban J connectivity index is 1.84. The summed E-state index contributed by atoms with van der Waals surface area (Å²) in [7, 11) is 0. The van der Waals surface area contributed by atoms with Crippen LogP contribution >= 0.6 is 0 Å². The Morgan fingerprint density at radius 1 is 1.28 bits per heavy atom. The van der Waals surface area contributed by atoms with Crippen LogP contribution in [-0.4, -0.2) is 38.5 Å². The van der Waals surface area contributed by atoms with E-state index in [1.807, 2.05) is 0 Å². The Hall–Kier alpha value is -3.30. The first-order valence-corrected chi connectivity index (χ1v) is 6.87. The molecule has 0 saturated heterocycles. The predicted octanol–water partition coefficient (Wildman–Crippen LogP) is 3.16. The molecule has 0 saturated carbocycles. The average Bonchev–Trinajstić information content (AvgIpc) is 2.97. The van der Waals surface area contributed by atoms with Crippen molar-refractivity contribution in [1.29, 1.82) is 0 Å². The first-order valence-electron chi connectivity index (χ1n) is 6.87. The standard InChI is InChI=1S/C15H10F3N3O4/c16-15(17,18)8-24-12-2-1-4-19-13(12)25-10-3-5-21-9(6-10)7-11(20-21)14(22)23/h1-7H,8H2,(H,22,23). The van der Waals surface area contributed by atoms with E-state index in [1.165, 1.54) is 47.2 Å². The first-order chi connectivity index (χ1) is 11.8. The summed E-state index contributed by atoms with van der Waals surface area (Å²) >= 11 is 0. The summed E-state index contributed by atoms with van der Waals surface area (Å²) in [6, 6.07) is 6.98. The maximum absolute atomic E-state index is 12.3. The van der Waals surface area contributed by atoms with Gasteiger partial charge in [-0.15, -0.1) is 0 Å². The van der Waals surface area contributed by atoms with E-state index in [0.29, 0.717) is 5.52 Å². The lowest BCUT2D eigenvalue weighted by Crippen LogP contribution is -2.19. The van der Waals surface area contributed by atoms with Crippen LogP contribution in [0, 0.1) is 0 Å². The smallest absolute Gasteiger partial charge is 0.422 e. The number of carboxylic acid groups (broad SMARTS) is 1. The van der Waals surface area contributed by atoms with Crippen molar-refractivity contribution in [3.63, 3.8) is 0 Å². The number of alkyl halides is 3. The fourth-order valence-corrected chi connectivity index (χ4v) is 1.98. The van der Waals surface area contributed by atoms with Crippen molar-refractivity contribution in [2.75, 3.05) is 6.61 Å². The number of hydrogen-bond acceptors (Lipinski definition) is 5. The third kappa shape index (κ3) is 3.97. The molecule has 0 aromatic carbocycles. The Bertz CT molecular complexity index is 924. The van der Waals surface area contributed by atoms with Crippen LogP contribution in [0.5, 0.6) is 17.4 Å². The van der Waals surface area contributed by atoms with Crippen LogP contribution in [0.3, 0.4) is 0 Å². The van der Waals surface area contributed by atoms with Crippen molar-refractivity contribution in [3.05, 3.63) is 48.4 Å². The van der Waals surface area contributed by atoms with Gasteiger partial charge >= 0.3 is 12.1 Å². The molecule has 0 unspecified atom stereocenters. The van der Waals surface area contributed by atoms with Crippen LogP contribution in [0.2, 0.25) is 0 Å². The maximum Gasteiger partial charge on any atom is 0.422 e. The van der Waals surface area contributed by atoms with Gasteiger partial charge in [-0.1, -0.05) is 0 Å². The normalized spacial score (nSPS) is 11.5. The number of halogens is 3. The van der Waals surface area contributed by atoms with E-state index in [2.05, 4.69) is 14.8 Å². The van der Waals surface area contributed by atoms with Gasteiger partial charge in [0.1, 0.15) is 5.75 Å². The van der Waals surface area contributed by atoms with Gasteiger partial charge in [0.25, 0.3) is 5.88 Å². The molecule has 0 radical (unpaired) electrons. The quantitative estimate of drug-likeness (QED) is 0.758. The molecule has 0 fully saturated rings. The van der Waals surface area contributed by atoms with Gasteiger partial charge in [0.05, 0.1) is 5.52 Å². The van der Waals surface area contributed by atoms with E-state index in [-0.39, 0.29) is 23.1 Å². The maximum atomic E-state index is 12.3. The SMILES string of the molecule is O=C(O)c1cc2cc(Oc3ncccc3OCC(F)(F)F)ccn2n1. The molecule has 0 amide bonds. The molecule has 0 bridgehead atoms. The summed E-state index contributed by atoms with van der Waals surface area (Å²) in [5.41, 5.74) is 0.285. The van der Waals surface area contributed by atoms with E-state index in [9.17, 15) is 18.0 Å². The number of nitrogens with zero attached hydrogens (tertiary/aromatic N) is 3. The van der Waals surface area contributed by atoms with Gasteiger partial charge in [-0.25, -0.2) is 14.3 Å². The monoisotopic (exact) mass is 353 g/mol. The molecule has 25 heavy (non-hydrogen) atoms. The second-order valence-corrected chi connectivity index (χ2v) is 4.88. The summed E-state index contributed by atoms with van der Waals surface area (Å²) in [5.74, 6) is -1.26. The number of ether oxygens (including phenoxy) is 2. The van der Waals surface area contributed by atoms with Crippen LogP contribution in [0.4, 0.5) is 13.2 Å². The van der Waals surface area contributed by atoms with Gasteiger partial charge in [0.15, 0.2) is 18.1 Å². The Morgan fingerprint density at radius 2 is 2.08 bits per heavy atom. The van der Waals surface area contributed by atoms with Crippen molar-refractivity contribution in [1.82, 2.24) is 14.6 Å². The number of hydrogen-bond donors (Lipinski definition) is 1. The third-order valence-corrected chi connectivity index (χ3v) is 3.00. The summed E-state index contributed by atoms with van der Waals surface area (Å²) in [6.45, 7) is -1.47. The second kappa shape index (κ2) is 6.30. The molecular weight excluding hydrogens is 343 g/mol. The number of rotatable bonds is 5. The summed E-state index contributed by atoms with van der Waals surface area (Å²) < 4.78 is 48.4. The molecule has 3 aromatic rings. The molecule has 1 N–H and O–H groups in total. The molecule has 0 spiro atoms. The largest absolute Gasteiger partial charge is 0.478 e. The van der Waals surface area contributed by atoms with E-state index < -0.39 is 18.8 Å². The lowest BCUT2D eigenvalue weighted by molar-refractivity contribution is -0.153. The molecule has 3 heterocycles. The highest BCUT2D eigenvalue weighted by atomic mass is 19.4. The van der Waals surface area contributed by atoms with Crippen molar-refractivity contribution < 1.29 is 32.5 Å². The number of pyridine rings is 2. The summed E-state index contributed by atoms with van der Waals surface area (Å²) in [4.78, 5) is 14.8. The van der Waals surface area contributed by atoms with Crippen molar-refractivity contribution in [2.45, 2.75) is 6.18 Å². The van der Waals surface area contributed by atoms with Crippen molar-refractivity contribution >= 4 is 11.5 Å². The van der Waals surface area contributed by atoms with Gasteiger partial charge in [-0.2, -0.15) is 18.3 Å². The van der Waals surface area contributed by atoms with Crippen molar-refractivity contribution in [2.24, 2.45) is 0 Å². The second-order valence-electron chi connectivity index (χ2n) is 4.88.